The molecule has 2 heterocycles. The van der Waals surface area contributed by atoms with E-state index in [4.69, 9.17) is 4.84 Å². The first-order valence-electron chi connectivity index (χ1n) is 9.80. The molecule has 0 saturated carbocycles. The summed E-state index contributed by atoms with van der Waals surface area (Å²) in [6, 6.07) is 24.0. The van der Waals surface area contributed by atoms with Gasteiger partial charge in [-0.25, -0.2) is 9.45 Å². The zero-order valence-corrected chi connectivity index (χ0v) is 16.0. The summed E-state index contributed by atoms with van der Waals surface area (Å²) in [5.74, 6) is -2.00. The van der Waals surface area contributed by atoms with Gasteiger partial charge in [-0.05, 0) is 23.8 Å². The van der Waals surface area contributed by atoms with Crippen LogP contribution in [0.4, 0.5) is 10.1 Å². The Morgan fingerprint density at radius 1 is 0.800 bits per heavy atom. The molecule has 0 bridgehead atoms. The number of nitrogens with zero attached hydrogens (tertiary/aromatic N) is 2. The van der Waals surface area contributed by atoms with Crippen LogP contribution < -0.4 is 5.06 Å². The molecular formula is C24H19FN2O3. The highest BCUT2D eigenvalue weighted by Gasteiger charge is 2.60. The number of carbonyl (C=O) groups excluding carboxylic acids is 2. The van der Waals surface area contributed by atoms with Gasteiger partial charge in [0.05, 0.1) is 18.3 Å². The molecule has 2 aliphatic heterocycles. The van der Waals surface area contributed by atoms with Crippen LogP contribution in [-0.2, 0) is 21.0 Å². The molecule has 5 rings (SSSR count). The van der Waals surface area contributed by atoms with Gasteiger partial charge in [-0.3, -0.25) is 19.3 Å². The summed E-state index contributed by atoms with van der Waals surface area (Å²) in [5.41, 5.74) is 1.84. The molecule has 3 aromatic rings. The number of benzene rings is 3. The van der Waals surface area contributed by atoms with Crippen LogP contribution in [0.15, 0.2) is 84.9 Å². The summed E-state index contributed by atoms with van der Waals surface area (Å²) in [6.07, 6.45) is -0.981. The van der Waals surface area contributed by atoms with Crippen LogP contribution in [-0.4, -0.2) is 22.8 Å². The number of likely N-dealkylation sites (tertiary alicyclic amines) is 1. The molecule has 0 spiro atoms. The van der Waals surface area contributed by atoms with Crippen molar-refractivity contribution in [1.29, 1.82) is 0 Å². The van der Waals surface area contributed by atoms with E-state index in [0.717, 1.165) is 5.56 Å². The van der Waals surface area contributed by atoms with Crippen molar-refractivity contribution in [2.45, 2.75) is 18.7 Å². The van der Waals surface area contributed by atoms with Crippen LogP contribution in [0, 0.1) is 11.7 Å². The van der Waals surface area contributed by atoms with E-state index in [2.05, 4.69) is 0 Å². The van der Waals surface area contributed by atoms with E-state index in [1.54, 1.807) is 18.2 Å². The lowest BCUT2D eigenvalue weighted by Crippen LogP contribution is -2.37. The molecule has 30 heavy (non-hydrogen) atoms. The largest absolute Gasteiger partial charge is 0.275 e. The lowest BCUT2D eigenvalue weighted by Gasteiger charge is -2.29. The van der Waals surface area contributed by atoms with E-state index < -0.39 is 29.8 Å². The van der Waals surface area contributed by atoms with Crippen molar-refractivity contribution in [1.82, 2.24) is 4.90 Å². The zero-order valence-electron chi connectivity index (χ0n) is 16.0. The van der Waals surface area contributed by atoms with Crippen molar-refractivity contribution in [3.05, 3.63) is 102 Å². The first-order valence-corrected chi connectivity index (χ1v) is 9.80. The zero-order chi connectivity index (χ0) is 20.7. The van der Waals surface area contributed by atoms with E-state index in [0.29, 0.717) is 11.3 Å². The van der Waals surface area contributed by atoms with Gasteiger partial charge in [0.1, 0.15) is 11.7 Å². The third kappa shape index (κ3) is 2.97. The molecule has 6 heteroatoms. The highest BCUT2D eigenvalue weighted by molar-refractivity contribution is 6.07. The average Bonchev–Trinajstić information content (AvgIpc) is 3.27. The number of hydrogen-bond acceptors (Lipinski definition) is 4. The van der Waals surface area contributed by atoms with Gasteiger partial charge < -0.3 is 0 Å². The summed E-state index contributed by atoms with van der Waals surface area (Å²) < 4.78 is 14.8. The number of hydrogen-bond donors (Lipinski definition) is 0. The Morgan fingerprint density at radius 3 is 2.13 bits per heavy atom. The third-order valence-electron chi connectivity index (χ3n) is 5.62. The van der Waals surface area contributed by atoms with Crippen LogP contribution in [0.2, 0.25) is 0 Å². The number of imide groups is 1. The van der Waals surface area contributed by atoms with Crippen molar-refractivity contribution >= 4 is 17.5 Å². The highest BCUT2D eigenvalue weighted by Crippen LogP contribution is 2.47. The van der Waals surface area contributed by atoms with E-state index in [1.165, 1.54) is 16.0 Å². The molecule has 3 aromatic carbocycles. The number of rotatable bonds is 4. The first kappa shape index (κ1) is 18.5. The number of halogens is 1. The lowest BCUT2D eigenvalue weighted by atomic mass is 9.90. The average molecular weight is 402 g/mol. The van der Waals surface area contributed by atoms with E-state index in [9.17, 15) is 14.0 Å². The fourth-order valence-corrected chi connectivity index (χ4v) is 4.22. The van der Waals surface area contributed by atoms with Gasteiger partial charge in [0.2, 0.25) is 5.91 Å². The van der Waals surface area contributed by atoms with Crippen LogP contribution in [0.1, 0.15) is 17.2 Å². The standard InChI is InChI=1S/C24H19FN2O3/c25-19-14-8-7-13-18(19)21-20-22(30-27(21)17-11-5-2-6-12-17)24(29)26(23(20)28)15-16-9-3-1-4-10-16/h1-14,20-22H,15H2/t20-,21+,22-/m0/s1. The Kier molecular flexibility index (Phi) is 4.56. The summed E-state index contributed by atoms with van der Waals surface area (Å²) in [7, 11) is 0. The maximum absolute atomic E-state index is 14.8. The predicted octanol–water partition coefficient (Wildman–Crippen LogP) is 3.87. The molecule has 150 valence electrons. The molecular weight excluding hydrogens is 383 g/mol. The second-order valence-electron chi connectivity index (χ2n) is 7.43. The maximum atomic E-state index is 14.8. The summed E-state index contributed by atoms with van der Waals surface area (Å²) in [5, 5.41) is 1.50. The molecule has 2 amide bonds. The lowest BCUT2D eigenvalue weighted by molar-refractivity contribution is -0.143. The van der Waals surface area contributed by atoms with E-state index in [1.807, 2.05) is 60.7 Å². The number of carbonyl (C=O) groups is 2. The minimum absolute atomic E-state index is 0.171. The van der Waals surface area contributed by atoms with Gasteiger partial charge in [-0.15, -0.1) is 0 Å². The molecule has 5 nitrogen and oxygen atoms in total. The van der Waals surface area contributed by atoms with Gasteiger partial charge in [-0.1, -0.05) is 66.7 Å². The van der Waals surface area contributed by atoms with Gasteiger partial charge in [0.25, 0.3) is 5.91 Å². The molecule has 2 aliphatic rings. The molecule has 3 atom stereocenters. The number of fused-ring (bicyclic) bond motifs is 1. The Hall–Kier alpha value is -3.51. The molecule has 0 unspecified atom stereocenters. The summed E-state index contributed by atoms with van der Waals surface area (Å²) in [4.78, 5) is 33.7. The van der Waals surface area contributed by atoms with Gasteiger partial charge in [-0.2, -0.15) is 0 Å². The van der Waals surface area contributed by atoms with Gasteiger partial charge in [0.15, 0.2) is 6.10 Å². The number of hydroxylamine groups is 1. The Morgan fingerprint density at radius 2 is 1.43 bits per heavy atom. The Balaban J connectivity index is 1.54. The van der Waals surface area contributed by atoms with Crippen molar-refractivity contribution in [3.63, 3.8) is 0 Å². The quantitative estimate of drug-likeness (QED) is 0.622. The number of amides is 2. The highest BCUT2D eigenvalue weighted by atomic mass is 19.1. The molecule has 0 aliphatic carbocycles. The van der Waals surface area contributed by atoms with E-state index >= 15 is 0 Å². The molecule has 0 aromatic heterocycles. The van der Waals surface area contributed by atoms with Gasteiger partial charge in [0, 0.05) is 5.56 Å². The second-order valence-corrected chi connectivity index (χ2v) is 7.43. The minimum Gasteiger partial charge on any atom is -0.275 e. The normalized spacial score (nSPS) is 23.2. The Bertz CT molecular complexity index is 1090. The topological polar surface area (TPSA) is 49.9 Å². The molecule has 2 fully saturated rings. The molecule has 2 saturated heterocycles. The second kappa shape index (κ2) is 7.39. The summed E-state index contributed by atoms with van der Waals surface area (Å²) in [6.45, 7) is 0.171. The third-order valence-corrected chi connectivity index (χ3v) is 5.62. The monoisotopic (exact) mass is 402 g/mol. The number of anilines is 1. The molecule has 0 radical (unpaired) electrons. The van der Waals surface area contributed by atoms with Crippen LogP contribution in [0.25, 0.3) is 0 Å². The van der Waals surface area contributed by atoms with Crippen LogP contribution in [0.5, 0.6) is 0 Å². The molecule has 0 N–H and O–H groups in total. The smallest absolute Gasteiger partial charge is 0.262 e. The van der Waals surface area contributed by atoms with Gasteiger partial charge >= 0.3 is 0 Å². The van der Waals surface area contributed by atoms with Crippen LogP contribution in [0.3, 0.4) is 0 Å². The fraction of sp³-hybridized carbons (Fsp3) is 0.167. The maximum Gasteiger partial charge on any atom is 0.262 e. The van der Waals surface area contributed by atoms with Crippen molar-refractivity contribution < 1.29 is 18.8 Å². The first-order chi connectivity index (χ1) is 14.6. The predicted molar refractivity (Wildman–Crippen MR) is 108 cm³/mol. The van der Waals surface area contributed by atoms with Crippen LogP contribution >= 0.6 is 0 Å². The SMILES string of the molecule is O=C1[C@@H]2[C@H](ON(c3ccccc3)[C@@H]2c2ccccc2F)C(=O)N1Cc1ccccc1. The number of para-hydroxylation sites is 1. The van der Waals surface area contributed by atoms with Crippen molar-refractivity contribution in [2.24, 2.45) is 5.92 Å². The van der Waals surface area contributed by atoms with Crippen molar-refractivity contribution in [3.8, 4) is 0 Å². The fourth-order valence-electron chi connectivity index (χ4n) is 4.22. The van der Waals surface area contributed by atoms with Crippen molar-refractivity contribution in [2.75, 3.05) is 5.06 Å². The summed E-state index contributed by atoms with van der Waals surface area (Å²) >= 11 is 0. The Labute approximate surface area is 173 Å². The van der Waals surface area contributed by atoms with E-state index in [-0.39, 0.29) is 12.5 Å². The minimum atomic E-state index is -0.981.